The molecule has 1 aliphatic rings. The molecule has 3 rings (SSSR count). The summed E-state index contributed by atoms with van der Waals surface area (Å²) in [7, 11) is 0. The summed E-state index contributed by atoms with van der Waals surface area (Å²) >= 11 is 0. The highest BCUT2D eigenvalue weighted by Gasteiger charge is 2.19. The monoisotopic (exact) mass is 380 g/mol. The number of hydrogen-bond donors (Lipinski definition) is 0. The minimum absolute atomic E-state index is 0.790. The fraction of sp³-hybridized carbons (Fsp3) is 0.600. The Kier molecular flexibility index (Phi) is 8.32. The van der Waals surface area contributed by atoms with E-state index in [1.165, 1.54) is 56.9 Å². The molecular weight excluding hydrogens is 344 g/mol. The molecule has 1 saturated carbocycles. The Labute approximate surface area is 171 Å². The van der Waals surface area contributed by atoms with Gasteiger partial charge in [-0.15, -0.1) is 0 Å². The van der Waals surface area contributed by atoms with Crippen LogP contribution in [0.5, 0.6) is 5.75 Å². The Hall–Kier alpha value is -1.90. The molecule has 0 spiro atoms. The highest BCUT2D eigenvalue weighted by molar-refractivity contribution is 5.55. The van der Waals surface area contributed by atoms with Gasteiger partial charge in [-0.2, -0.15) is 0 Å². The van der Waals surface area contributed by atoms with E-state index in [0.29, 0.717) is 0 Å². The third-order valence-electron chi connectivity index (χ3n) is 6.22. The van der Waals surface area contributed by atoms with Gasteiger partial charge in [0.2, 0.25) is 0 Å². The van der Waals surface area contributed by atoms with Crippen LogP contribution in [0.15, 0.2) is 36.7 Å². The van der Waals surface area contributed by atoms with Crippen molar-refractivity contribution in [3.8, 4) is 17.1 Å². The fourth-order valence-electron chi connectivity index (χ4n) is 4.17. The van der Waals surface area contributed by atoms with Crippen LogP contribution in [-0.2, 0) is 6.42 Å². The van der Waals surface area contributed by atoms with Crippen molar-refractivity contribution in [1.29, 1.82) is 0 Å². The topological polar surface area (TPSA) is 35.0 Å². The molecule has 0 N–H and O–H groups in total. The molecular formula is C25H36N2O. The highest BCUT2D eigenvalue weighted by atomic mass is 16.5. The van der Waals surface area contributed by atoms with E-state index in [1.54, 1.807) is 0 Å². The lowest BCUT2D eigenvalue weighted by molar-refractivity contribution is 0.258. The molecule has 3 nitrogen and oxygen atoms in total. The summed E-state index contributed by atoms with van der Waals surface area (Å²) in [5.41, 5.74) is 2.31. The number of rotatable bonds is 10. The highest BCUT2D eigenvalue weighted by Crippen LogP contribution is 2.33. The number of aryl methyl sites for hydroxylation is 1. The first-order valence-corrected chi connectivity index (χ1v) is 11.3. The summed E-state index contributed by atoms with van der Waals surface area (Å²) in [6.07, 6.45) is 17.0. The van der Waals surface area contributed by atoms with Crippen LogP contribution in [0.2, 0.25) is 0 Å². The van der Waals surface area contributed by atoms with Crippen molar-refractivity contribution in [2.45, 2.75) is 78.1 Å². The van der Waals surface area contributed by atoms with Crippen LogP contribution in [0.3, 0.4) is 0 Å². The van der Waals surface area contributed by atoms with Crippen LogP contribution in [0, 0.1) is 11.8 Å². The number of hydrogen-bond acceptors (Lipinski definition) is 3. The van der Waals surface area contributed by atoms with Crippen molar-refractivity contribution < 1.29 is 4.74 Å². The molecule has 0 saturated heterocycles. The van der Waals surface area contributed by atoms with Crippen molar-refractivity contribution in [1.82, 2.24) is 9.97 Å². The number of unbranched alkanes of at least 4 members (excludes halogenated alkanes) is 2. The van der Waals surface area contributed by atoms with Gasteiger partial charge in [-0.25, -0.2) is 9.97 Å². The first-order valence-electron chi connectivity index (χ1n) is 11.3. The average Bonchev–Trinajstić information content (AvgIpc) is 2.76. The Balaban J connectivity index is 1.46. The Bertz CT molecular complexity index is 673. The van der Waals surface area contributed by atoms with Crippen molar-refractivity contribution in [2.24, 2.45) is 11.8 Å². The summed E-state index contributed by atoms with van der Waals surface area (Å²) in [6, 6.07) is 8.14. The number of ether oxygens (including phenoxy) is 1. The molecule has 1 aromatic carbocycles. The van der Waals surface area contributed by atoms with Gasteiger partial charge in [0.25, 0.3) is 0 Å². The molecule has 3 heteroatoms. The third kappa shape index (κ3) is 6.32. The number of benzene rings is 1. The molecule has 2 aromatic rings. The van der Waals surface area contributed by atoms with Crippen molar-refractivity contribution >= 4 is 0 Å². The molecule has 0 aliphatic heterocycles. The molecule has 152 valence electrons. The Morgan fingerprint density at radius 2 is 1.57 bits per heavy atom. The molecule has 0 radical (unpaired) electrons. The molecule has 1 fully saturated rings. The van der Waals surface area contributed by atoms with E-state index in [9.17, 15) is 0 Å². The second-order valence-corrected chi connectivity index (χ2v) is 8.33. The third-order valence-corrected chi connectivity index (χ3v) is 6.22. The van der Waals surface area contributed by atoms with Crippen LogP contribution < -0.4 is 4.74 Å². The number of nitrogens with zero attached hydrogens (tertiary/aromatic N) is 2. The van der Waals surface area contributed by atoms with Gasteiger partial charge in [-0.1, -0.05) is 58.8 Å². The van der Waals surface area contributed by atoms with Crippen LogP contribution >= 0.6 is 0 Å². The summed E-state index contributed by atoms with van der Waals surface area (Å²) in [4.78, 5) is 9.20. The van der Waals surface area contributed by atoms with Gasteiger partial charge >= 0.3 is 0 Å². The Morgan fingerprint density at radius 1 is 0.893 bits per heavy atom. The molecule has 1 heterocycles. The molecule has 28 heavy (non-hydrogen) atoms. The largest absolute Gasteiger partial charge is 0.494 e. The van der Waals surface area contributed by atoms with Crippen LogP contribution in [0.25, 0.3) is 11.4 Å². The van der Waals surface area contributed by atoms with Gasteiger partial charge in [-0.05, 0) is 60.9 Å². The molecule has 0 unspecified atom stereocenters. The molecule has 0 amide bonds. The van der Waals surface area contributed by atoms with Crippen molar-refractivity contribution in [2.75, 3.05) is 6.61 Å². The van der Waals surface area contributed by atoms with E-state index in [2.05, 4.69) is 35.9 Å². The van der Waals surface area contributed by atoms with E-state index in [-0.39, 0.29) is 0 Å². The summed E-state index contributed by atoms with van der Waals surface area (Å²) in [6.45, 7) is 5.33. The second kappa shape index (κ2) is 11.2. The van der Waals surface area contributed by atoms with Crippen molar-refractivity contribution in [3.63, 3.8) is 0 Å². The first-order chi connectivity index (χ1) is 13.8. The summed E-state index contributed by atoms with van der Waals surface area (Å²) < 4.78 is 5.78. The summed E-state index contributed by atoms with van der Waals surface area (Å²) in [5, 5.41) is 0. The van der Waals surface area contributed by atoms with Crippen molar-refractivity contribution in [3.05, 3.63) is 42.2 Å². The normalized spacial score (nSPS) is 19.5. The zero-order valence-electron chi connectivity index (χ0n) is 17.7. The quantitative estimate of drug-likeness (QED) is 0.422. The molecule has 0 bridgehead atoms. The second-order valence-electron chi connectivity index (χ2n) is 8.33. The maximum atomic E-state index is 5.78. The lowest BCUT2D eigenvalue weighted by Crippen LogP contribution is -2.14. The maximum absolute atomic E-state index is 5.78. The van der Waals surface area contributed by atoms with Gasteiger partial charge in [0.15, 0.2) is 5.82 Å². The predicted molar refractivity (Wildman–Crippen MR) is 117 cm³/mol. The smallest absolute Gasteiger partial charge is 0.159 e. The lowest BCUT2D eigenvalue weighted by atomic mass is 9.79. The zero-order chi connectivity index (χ0) is 19.6. The predicted octanol–water partition coefficient (Wildman–Crippen LogP) is 6.86. The van der Waals surface area contributed by atoms with Gasteiger partial charge < -0.3 is 4.74 Å². The van der Waals surface area contributed by atoms with Gasteiger partial charge in [0, 0.05) is 18.0 Å². The van der Waals surface area contributed by atoms with Crippen LogP contribution in [0.1, 0.15) is 77.2 Å². The van der Waals surface area contributed by atoms with E-state index in [4.69, 9.17) is 4.74 Å². The fourth-order valence-corrected chi connectivity index (χ4v) is 4.17. The average molecular weight is 381 g/mol. The van der Waals surface area contributed by atoms with Gasteiger partial charge in [0.05, 0.1) is 6.61 Å². The van der Waals surface area contributed by atoms with E-state index in [0.717, 1.165) is 48.4 Å². The van der Waals surface area contributed by atoms with Gasteiger partial charge in [0.1, 0.15) is 5.75 Å². The lowest BCUT2D eigenvalue weighted by Gasteiger charge is -2.27. The van der Waals surface area contributed by atoms with E-state index in [1.807, 2.05) is 24.5 Å². The maximum Gasteiger partial charge on any atom is 0.159 e. The summed E-state index contributed by atoms with van der Waals surface area (Å²) in [5.74, 6) is 3.60. The minimum Gasteiger partial charge on any atom is -0.494 e. The van der Waals surface area contributed by atoms with E-state index >= 15 is 0 Å². The zero-order valence-corrected chi connectivity index (χ0v) is 17.7. The standard InChI is InChI=1S/C25H36N2O/c1-3-5-6-17-28-24-15-13-23(14-16-24)25-26-18-22(19-27-25)12-11-21-9-7-20(4-2)8-10-21/h13-16,18-21H,3-12,17H2,1-2H3. The molecule has 1 aromatic heterocycles. The molecule has 0 atom stereocenters. The van der Waals surface area contributed by atoms with Crippen LogP contribution in [-0.4, -0.2) is 16.6 Å². The number of aromatic nitrogens is 2. The molecule has 1 aliphatic carbocycles. The first kappa shape index (κ1) is 20.8. The van der Waals surface area contributed by atoms with E-state index < -0.39 is 0 Å². The Morgan fingerprint density at radius 3 is 2.21 bits per heavy atom. The van der Waals surface area contributed by atoms with Gasteiger partial charge in [-0.3, -0.25) is 0 Å². The minimum atomic E-state index is 0.790. The van der Waals surface area contributed by atoms with Crippen LogP contribution in [0.4, 0.5) is 0 Å². The SMILES string of the molecule is CCCCCOc1ccc(-c2ncc(CCC3CCC(CC)CC3)cn2)cc1.